The maximum absolute atomic E-state index is 12.3. The van der Waals surface area contributed by atoms with Crippen molar-refractivity contribution >= 4 is 35.8 Å². The van der Waals surface area contributed by atoms with Gasteiger partial charge in [0.25, 0.3) is 5.56 Å². The third kappa shape index (κ3) is 5.37. The number of anilines is 1. The van der Waals surface area contributed by atoms with E-state index in [0.29, 0.717) is 25.5 Å². The van der Waals surface area contributed by atoms with Gasteiger partial charge in [0.2, 0.25) is 0 Å². The molecule has 1 aromatic heterocycles. The zero-order valence-electron chi connectivity index (χ0n) is 16.2. The molecule has 0 aliphatic carbocycles. The Kier molecular flexibility index (Phi) is 8.09. The molecular weight excluding hydrogens is 471 g/mol. The molecule has 1 aliphatic heterocycles. The van der Waals surface area contributed by atoms with E-state index in [1.54, 1.807) is 36.1 Å². The Hall–Kier alpha value is -2.30. The largest absolute Gasteiger partial charge is 0.508 e. The minimum Gasteiger partial charge on any atom is -0.508 e. The van der Waals surface area contributed by atoms with Gasteiger partial charge in [-0.25, -0.2) is 9.98 Å². The lowest BCUT2D eigenvalue weighted by Crippen LogP contribution is -2.53. The van der Waals surface area contributed by atoms with E-state index in [0.717, 1.165) is 31.2 Å². The van der Waals surface area contributed by atoms with Crippen molar-refractivity contribution in [2.24, 2.45) is 12.0 Å². The first-order valence-electron chi connectivity index (χ1n) is 9.16. The Labute approximate surface area is 181 Å². The summed E-state index contributed by atoms with van der Waals surface area (Å²) in [5, 5.41) is 12.9. The summed E-state index contributed by atoms with van der Waals surface area (Å²) in [6.07, 6.45) is 3.32. The molecule has 1 saturated heterocycles. The predicted octanol–water partition coefficient (Wildman–Crippen LogP) is 1.39. The van der Waals surface area contributed by atoms with Crippen molar-refractivity contribution in [2.75, 3.05) is 37.6 Å². The van der Waals surface area contributed by atoms with Crippen molar-refractivity contribution in [3.05, 3.63) is 52.6 Å². The molecule has 0 radical (unpaired) electrons. The Morgan fingerprint density at radius 2 is 2.04 bits per heavy atom. The van der Waals surface area contributed by atoms with Gasteiger partial charge < -0.3 is 24.8 Å². The van der Waals surface area contributed by atoms with E-state index in [-0.39, 0.29) is 35.3 Å². The molecule has 1 aliphatic rings. The van der Waals surface area contributed by atoms with Crippen LogP contribution in [-0.2, 0) is 13.6 Å². The summed E-state index contributed by atoms with van der Waals surface area (Å²) in [7, 11) is 1.74. The molecule has 0 atom stereocenters. The first-order valence-corrected chi connectivity index (χ1v) is 9.16. The van der Waals surface area contributed by atoms with Crippen LogP contribution in [0, 0.1) is 0 Å². The Morgan fingerprint density at radius 1 is 1.29 bits per heavy atom. The van der Waals surface area contributed by atoms with Crippen LogP contribution in [0.15, 0.2) is 46.4 Å². The fourth-order valence-electron chi connectivity index (χ4n) is 3.08. The number of aliphatic imine (C=N–C) groups is 1. The van der Waals surface area contributed by atoms with E-state index in [9.17, 15) is 9.90 Å². The SMILES string of the molecule is CCNC(=NCc1cccc(O)c1)N1CCN(c2nccn(C)c2=O)CC1.I. The van der Waals surface area contributed by atoms with Crippen molar-refractivity contribution in [1.29, 1.82) is 0 Å². The van der Waals surface area contributed by atoms with Gasteiger partial charge in [-0.05, 0) is 24.6 Å². The van der Waals surface area contributed by atoms with Gasteiger partial charge in [-0.3, -0.25) is 4.79 Å². The Balaban J connectivity index is 0.00000280. The number of nitrogens with zero attached hydrogens (tertiary/aromatic N) is 5. The van der Waals surface area contributed by atoms with E-state index in [1.165, 1.54) is 0 Å². The maximum atomic E-state index is 12.3. The topological polar surface area (TPSA) is 86.0 Å². The van der Waals surface area contributed by atoms with Crippen LogP contribution in [0.1, 0.15) is 12.5 Å². The molecule has 0 unspecified atom stereocenters. The van der Waals surface area contributed by atoms with Gasteiger partial charge >= 0.3 is 0 Å². The molecule has 2 heterocycles. The van der Waals surface area contributed by atoms with Crippen molar-refractivity contribution in [2.45, 2.75) is 13.5 Å². The van der Waals surface area contributed by atoms with Crippen LogP contribution < -0.4 is 15.8 Å². The Bertz CT molecular complexity index is 861. The number of hydrogen-bond donors (Lipinski definition) is 2. The first-order chi connectivity index (χ1) is 13.1. The van der Waals surface area contributed by atoms with Gasteiger partial charge in [-0.15, -0.1) is 24.0 Å². The van der Waals surface area contributed by atoms with E-state index >= 15 is 0 Å². The van der Waals surface area contributed by atoms with Crippen molar-refractivity contribution < 1.29 is 5.11 Å². The zero-order chi connectivity index (χ0) is 19.2. The third-order valence-electron chi connectivity index (χ3n) is 4.53. The molecule has 2 N–H and O–H groups in total. The van der Waals surface area contributed by atoms with Crippen LogP contribution in [0.25, 0.3) is 0 Å². The molecule has 0 bridgehead atoms. The van der Waals surface area contributed by atoms with Crippen LogP contribution in [0.2, 0.25) is 0 Å². The highest BCUT2D eigenvalue weighted by Crippen LogP contribution is 2.13. The quantitative estimate of drug-likeness (QED) is 0.377. The maximum Gasteiger partial charge on any atom is 0.293 e. The monoisotopic (exact) mass is 498 g/mol. The third-order valence-corrected chi connectivity index (χ3v) is 4.53. The minimum atomic E-state index is -0.0737. The number of benzene rings is 1. The molecule has 152 valence electrons. The van der Waals surface area contributed by atoms with Gasteiger partial charge in [0.15, 0.2) is 11.8 Å². The summed E-state index contributed by atoms with van der Waals surface area (Å²) in [6, 6.07) is 7.14. The first kappa shape index (κ1) is 22.0. The highest BCUT2D eigenvalue weighted by molar-refractivity contribution is 14.0. The van der Waals surface area contributed by atoms with Crippen LogP contribution in [0.3, 0.4) is 0 Å². The lowest BCUT2D eigenvalue weighted by Gasteiger charge is -2.36. The molecule has 9 heteroatoms. The van der Waals surface area contributed by atoms with Gasteiger partial charge in [0, 0.05) is 52.2 Å². The molecule has 3 rings (SSSR count). The number of rotatable bonds is 4. The second-order valence-electron chi connectivity index (χ2n) is 6.48. The number of nitrogens with one attached hydrogen (secondary N) is 1. The number of aromatic nitrogens is 2. The van der Waals surface area contributed by atoms with Gasteiger partial charge in [-0.1, -0.05) is 12.1 Å². The van der Waals surface area contributed by atoms with Crippen molar-refractivity contribution in [1.82, 2.24) is 19.8 Å². The van der Waals surface area contributed by atoms with Crippen LogP contribution >= 0.6 is 24.0 Å². The smallest absolute Gasteiger partial charge is 0.293 e. The molecule has 0 saturated carbocycles. The van der Waals surface area contributed by atoms with Crippen LogP contribution in [0.5, 0.6) is 5.75 Å². The summed E-state index contributed by atoms with van der Waals surface area (Å²) in [4.78, 5) is 25.4. The van der Waals surface area contributed by atoms with Crippen molar-refractivity contribution in [3.8, 4) is 5.75 Å². The molecule has 1 aromatic carbocycles. The second-order valence-corrected chi connectivity index (χ2v) is 6.48. The Morgan fingerprint density at radius 3 is 2.71 bits per heavy atom. The number of piperazine rings is 1. The molecule has 28 heavy (non-hydrogen) atoms. The van der Waals surface area contributed by atoms with E-state index < -0.39 is 0 Å². The number of halogens is 1. The summed E-state index contributed by atoms with van der Waals surface area (Å²) < 4.78 is 1.55. The summed E-state index contributed by atoms with van der Waals surface area (Å²) in [5.41, 5.74) is 0.886. The molecular formula is C19H27IN6O2. The summed E-state index contributed by atoms with van der Waals surface area (Å²) in [5.74, 6) is 1.59. The lowest BCUT2D eigenvalue weighted by atomic mass is 10.2. The van der Waals surface area contributed by atoms with E-state index in [1.807, 2.05) is 24.0 Å². The molecule has 0 amide bonds. The number of aryl methyl sites for hydroxylation is 1. The highest BCUT2D eigenvalue weighted by atomic mass is 127. The average molecular weight is 498 g/mol. The number of phenols is 1. The fraction of sp³-hybridized carbons (Fsp3) is 0.421. The summed E-state index contributed by atoms with van der Waals surface area (Å²) in [6.45, 7) is 6.25. The van der Waals surface area contributed by atoms with Crippen LogP contribution in [0.4, 0.5) is 5.82 Å². The molecule has 1 fully saturated rings. The molecule has 2 aromatic rings. The summed E-state index contributed by atoms with van der Waals surface area (Å²) >= 11 is 0. The van der Waals surface area contributed by atoms with Crippen LogP contribution in [-0.4, -0.2) is 58.2 Å². The minimum absolute atomic E-state index is 0. The lowest BCUT2D eigenvalue weighted by molar-refractivity contribution is 0.370. The predicted molar refractivity (Wildman–Crippen MR) is 122 cm³/mol. The highest BCUT2D eigenvalue weighted by Gasteiger charge is 2.22. The number of aromatic hydroxyl groups is 1. The van der Waals surface area contributed by atoms with E-state index in [2.05, 4.69) is 15.2 Å². The van der Waals surface area contributed by atoms with E-state index in [4.69, 9.17) is 4.99 Å². The van der Waals surface area contributed by atoms with Gasteiger partial charge in [0.1, 0.15) is 5.75 Å². The average Bonchev–Trinajstić information content (AvgIpc) is 2.68. The fourth-order valence-corrected chi connectivity index (χ4v) is 3.08. The number of guanidine groups is 1. The number of phenolic OH excluding ortho intramolecular Hbond substituents is 1. The standard InChI is InChI=1S/C19H26N6O2.HI/c1-3-20-19(22-14-15-5-4-6-16(26)13-15)25-11-9-24(10-12-25)17-18(27)23(2)8-7-21-17;/h4-8,13,26H,3,9-12,14H2,1-2H3,(H,20,22);1H. The van der Waals surface area contributed by atoms with Crippen molar-refractivity contribution in [3.63, 3.8) is 0 Å². The van der Waals surface area contributed by atoms with Gasteiger partial charge in [-0.2, -0.15) is 0 Å². The van der Waals surface area contributed by atoms with Gasteiger partial charge in [0.05, 0.1) is 6.54 Å². The second kappa shape index (κ2) is 10.3. The molecule has 8 nitrogen and oxygen atoms in total. The normalized spacial score (nSPS) is 14.6. The zero-order valence-corrected chi connectivity index (χ0v) is 18.5. The molecule has 0 spiro atoms. The number of hydrogen-bond acceptors (Lipinski definition) is 5.